The Morgan fingerprint density at radius 3 is 2.81 bits per heavy atom. The zero-order chi connectivity index (χ0) is 12.0. The number of nitrogens with zero attached hydrogens (tertiary/aromatic N) is 1. The van der Waals surface area contributed by atoms with Gasteiger partial charge in [-0.2, -0.15) is 0 Å². The van der Waals surface area contributed by atoms with E-state index in [-0.39, 0.29) is 11.8 Å². The summed E-state index contributed by atoms with van der Waals surface area (Å²) in [5, 5.41) is 15.9. The molecule has 1 heterocycles. The van der Waals surface area contributed by atoms with Crippen molar-refractivity contribution in [2.45, 2.75) is 13.5 Å². The highest BCUT2D eigenvalue weighted by atomic mass is 16.6. The first-order chi connectivity index (χ1) is 7.59. The number of rotatable bonds is 6. The Labute approximate surface area is 92.0 Å². The van der Waals surface area contributed by atoms with Crippen molar-refractivity contribution in [1.29, 1.82) is 0 Å². The average Bonchev–Trinajstić information content (AvgIpc) is 2.65. The summed E-state index contributed by atoms with van der Waals surface area (Å²) in [7, 11) is 0. The Morgan fingerprint density at radius 2 is 2.25 bits per heavy atom. The highest BCUT2D eigenvalue weighted by Crippen LogP contribution is 2.14. The molecule has 1 aromatic heterocycles. The largest absolute Gasteiger partial charge is 0.433 e. The number of amides is 1. The minimum absolute atomic E-state index is 0.0876. The van der Waals surface area contributed by atoms with E-state index in [0.29, 0.717) is 25.4 Å². The first-order valence-electron chi connectivity index (χ1n) is 4.78. The molecule has 0 unspecified atom stereocenters. The predicted molar refractivity (Wildman–Crippen MR) is 55.8 cm³/mol. The normalized spacial score (nSPS) is 10.1. The maximum Gasteiger partial charge on any atom is 0.433 e. The van der Waals surface area contributed by atoms with E-state index in [9.17, 15) is 14.9 Å². The molecule has 0 aliphatic rings. The van der Waals surface area contributed by atoms with Crippen molar-refractivity contribution in [3.8, 4) is 0 Å². The minimum Gasteiger partial charge on any atom is -0.404 e. The Morgan fingerprint density at radius 1 is 1.50 bits per heavy atom. The number of furan rings is 1. The molecule has 0 aromatic carbocycles. The van der Waals surface area contributed by atoms with Gasteiger partial charge in [-0.15, -0.1) is 0 Å². The number of hydrogen-bond donors (Lipinski definition) is 2. The summed E-state index contributed by atoms with van der Waals surface area (Å²) >= 11 is 0. The third-order valence-corrected chi connectivity index (χ3v) is 1.80. The second kappa shape index (κ2) is 5.86. The van der Waals surface area contributed by atoms with E-state index < -0.39 is 4.92 Å². The van der Waals surface area contributed by atoms with E-state index in [1.165, 1.54) is 13.0 Å². The number of carbonyl (C=O) groups excluding carboxylic acids is 1. The molecule has 0 aliphatic heterocycles. The number of nitrogens with one attached hydrogen (secondary N) is 2. The van der Waals surface area contributed by atoms with Crippen LogP contribution in [0, 0.1) is 10.1 Å². The van der Waals surface area contributed by atoms with Crippen molar-refractivity contribution in [1.82, 2.24) is 10.6 Å². The summed E-state index contributed by atoms with van der Waals surface area (Å²) in [6, 6.07) is 2.86. The Balaban J connectivity index is 2.21. The first kappa shape index (κ1) is 12.2. The molecule has 7 heteroatoms. The van der Waals surface area contributed by atoms with E-state index in [4.69, 9.17) is 4.42 Å². The molecule has 0 saturated heterocycles. The van der Waals surface area contributed by atoms with E-state index in [2.05, 4.69) is 10.6 Å². The number of nitro groups is 1. The van der Waals surface area contributed by atoms with Crippen molar-refractivity contribution >= 4 is 11.8 Å². The quantitative estimate of drug-likeness (QED) is 0.417. The predicted octanol–water partition coefficient (Wildman–Crippen LogP) is 0.414. The summed E-state index contributed by atoms with van der Waals surface area (Å²) in [6.07, 6.45) is 0. The standard InChI is InChI=1S/C9H13N3O4/c1-7(13)11-5-4-10-6-8-2-3-9(16-8)12(14)15/h2-3,10H,4-6H2,1H3,(H,11,13). The zero-order valence-electron chi connectivity index (χ0n) is 8.86. The van der Waals surface area contributed by atoms with Crippen LogP contribution in [0.4, 0.5) is 5.88 Å². The van der Waals surface area contributed by atoms with Crippen molar-refractivity contribution in [2.24, 2.45) is 0 Å². The lowest BCUT2D eigenvalue weighted by atomic mass is 10.4. The summed E-state index contributed by atoms with van der Waals surface area (Å²) in [5.74, 6) is 0.142. The first-order valence-corrected chi connectivity index (χ1v) is 4.78. The van der Waals surface area contributed by atoms with Crippen LogP contribution in [-0.2, 0) is 11.3 Å². The average molecular weight is 227 g/mol. The van der Waals surface area contributed by atoms with Gasteiger partial charge in [0.15, 0.2) is 0 Å². The van der Waals surface area contributed by atoms with Gasteiger partial charge in [0.25, 0.3) is 0 Å². The summed E-state index contributed by atoms with van der Waals surface area (Å²) in [5.41, 5.74) is 0. The summed E-state index contributed by atoms with van der Waals surface area (Å²) in [4.78, 5) is 20.2. The molecule has 1 amide bonds. The summed E-state index contributed by atoms with van der Waals surface area (Å²) in [6.45, 7) is 2.93. The molecule has 0 aliphatic carbocycles. The van der Waals surface area contributed by atoms with Crippen molar-refractivity contribution < 1.29 is 14.1 Å². The van der Waals surface area contributed by atoms with Gasteiger partial charge in [-0.1, -0.05) is 0 Å². The van der Waals surface area contributed by atoms with E-state index in [1.807, 2.05) is 0 Å². The van der Waals surface area contributed by atoms with Crippen LogP contribution in [0.5, 0.6) is 0 Å². The lowest BCUT2D eigenvalue weighted by Crippen LogP contribution is -2.29. The second-order valence-electron chi connectivity index (χ2n) is 3.16. The lowest BCUT2D eigenvalue weighted by Gasteiger charge is -2.02. The SMILES string of the molecule is CC(=O)NCCNCc1ccc([N+](=O)[O-])o1. The molecular formula is C9H13N3O4. The number of hydrogen-bond acceptors (Lipinski definition) is 5. The fourth-order valence-corrected chi connectivity index (χ4v) is 1.10. The molecular weight excluding hydrogens is 214 g/mol. The fraction of sp³-hybridized carbons (Fsp3) is 0.444. The monoisotopic (exact) mass is 227 g/mol. The topological polar surface area (TPSA) is 97.4 Å². The molecule has 7 nitrogen and oxygen atoms in total. The zero-order valence-corrected chi connectivity index (χ0v) is 8.86. The van der Waals surface area contributed by atoms with Crippen molar-refractivity contribution in [2.75, 3.05) is 13.1 Å². The van der Waals surface area contributed by atoms with Crippen LogP contribution in [0.3, 0.4) is 0 Å². The van der Waals surface area contributed by atoms with Crippen LogP contribution in [0.1, 0.15) is 12.7 Å². The van der Waals surface area contributed by atoms with Crippen LogP contribution >= 0.6 is 0 Å². The minimum atomic E-state index is -0.583. The third kappa shape index (κ3) is 4.09. The molecule has 16 heavy (non-hydrogen) atoms. The van der Waals surface area contributed by atoms with Gasteiger partial charge in [0, 0.05) is 20.0 Å². The molecule has 1 aromatic rings. The van der Waals surface area contributed by atoms with Gasteiger partial charge in [0.05, 0.1) is 12.6 Å². The Hall–Kier alpha value is -1.89. The lowest BCUT2D eigenvalue weighted by molar-refractivity contribution is -0.402. The van der Waals surface area contributed by atoms with E-state index in [0.717, 1.165) is 0 Å². The van der Waals surface area contributed by atoms with Gasteiger partial charge < -0.3 is 15.1 Å². The van der Waals surface area contributed by atoms with Crippen LogP contribution in [0.2, 0.25) is 0 Å². The van der Waals surface area contributed by atoms with Crippen LogP contribution in [-0.4, -0.2) is 23.9 Å². The Kier molecular flexibility index (Phi) is 4.46. The van der Waals surface area contributed by atoms with Crippen molar-refractivity contribution in [3.63, 3.8) is 0 Å². The smallest absolute Gasteiger partial charge is 0.404 e. The van der Waals surface area contributed by atoms with Gasteiger partial charge in [-0.3, -0.25) is 14.9 Å². The molecule has 0 radical (unpaired) electrons. The van der Waals surface area contributed by atoms with Gasteiger partial charge in [0.2, 0.25) is 5.91 Å². The van der Waals surface area contributed by atoms with Gasteiger partial charge in [-0.25, -0.2) is 0 Å². The molecule has 88 valence electrons. The third-order valence-electron chi connectivity index (χ3n) is 1.80. The molecule has 2 N–H and O–H groups in total. The number of carbonyl (C=O) groups is 1. The van der Waals surface area contributed by atoms with Gasteiger partial charge in [-0.05, 0) is 6.07 Å². The summed E-state index contributed by atoms with van der Waals surface area (Å²) < 4.78 is 4.92. The van der Waals surface area contributed by atoms with E-state index >= 15 is 0 Å². The molecule has 0 saturated carbocycles. The maximum absolute atomic E-state index is 10.5. The van der Waals surface area contributed by atoms with Gasteiger partial charge in [0.1, 0.15) is 10.7 Å². The van der Waals surface area contributed by atoms with Crippen LogP contribution in [0.15, 0.2) is 16.5 Å². The van der Waals surface area contributed by atoms with Crippen molar-refractivity contribution in [3.05, 3.63) is 28.0 Å². The molecule has 0 atom stereocenters. The highest BCUT2D eigenvalue weighted by molar-refractivity contribution is 5.72. The Bertz CT molecular complexity index is 375. The van der Waals surface area contributed by atoms with E-state index in [1.54, 1.807) is 6.07 Å². The molecule has 0 fully saturated rings. The molecule has 0 spiro atoms. The van der Waals surface area contributed by atoms with Gasteiger partial charge >= 0.3 is 5.88 Å². The second-order valence-corrected chi connectivity index (χ2v) is 3.16. The maximum atomic E-state index is 10.5. The highest BCUT2D eigenvalue weighted by Gasteiger charge is 2.10. The molecule has 1 rings (SSSR count). The van der Waals surface area contributed by atoms with Crippen LogP contribution in [0.25, 0.3) is 0 Å². The molecule has 0 bridgehead atoms. The fourth-order valence-electron chi connectivity index (χ4n) is 1.10. The van der Waals surface area contributed by atoms with Crippen LogP contribution < -0.4 is 10.6 Å².